The molecular weight excluding hydrogens is 368 g/mol. The van der Waals surface area contributed by atoms with Gasteiger partial charge in [0.1, 0.15) is 6.04 Å². The summed E-state index contributed by atoms with van der Waals surface area (Å²) in [7, 11) is 0. The van der Waals surface area contributed by atoms with Gasteiger partial charge in [0.25, 0.3) is 5.56 Å². The molecule has 0 saturated carbocycles. The van der Waals surface area contributed by atoms with Gasteiger partial charge in [0.15, 0.2) is 0 Å². The third-order valence-electron chi connectivity index (χ3n) is 5.48. The molecule has 0 spiro atoms. The number of halogens is 1. The van der Waals surface area contributed by atoms with Gasteiger partial charge in [-0.3, -0.25) is 18.7 Å². The lowest BCUT2D eigenvalue weighted by atomic mass is 10.2. The average Bonchev–Trinajstić information content (AvgIpc) is 2.67. The molecule has 1 aliphatic heterocycles. The third kappa shape index (κ3) is 3.53. The van der Waals surface area contributed by atoms with Crippen LogP contribution in [0.4, 0.5) is 0 Å². The van der Waals surface area contributed by atoms with Crippen LogP contribution in [0, 0.1) is 0 Å². The van der Waals surface area contributed by atoms with Gasteiger partial charge in [-0.15, -0.1) is 0 Å². The van der Waals surface area contributed by atoms with Crippen molar-refractivity contribution in [3.8, 4) is 0 Å². The maximum atomic E-state index is 13.1. The molecule has 2 heterocycles. The summed E-state index contributed by atoms with van der Waals surface area (Å²) in [6, 6.07) is 4.12. The fourth-order valence-corrected chi connectivity index (χ4v) is 3.94. The van der Waals surface area contributed by atoms with E-state index in [9.17, 15) is 14.4 Å². The first-order valence-corrected chi connectivity index (χ1v) is 9.83. The van der Waals surface area contributed by atoms with E-state index in [1.807, 2.05) is 4.90 Å². The van der Waals surface area contributed by atoms with Crippen molar-refractivity contribution in [2.45, 2.75) is 33.4 Å². The van der Waals surface area contributed by atoms with E-state index >= 15 is 0 Å². The van der Waals surface area contributed by atoms with Gasteiger partial charge in [-0.2, -0.15) is 0 Å². The molecule has 0 unspecified atom stereocenters. The molecule has 3 rings (SSSR count). The Labute approximate surface area is 162 Å². The number of benzene rings is 1. The van der Waals surface area contributed by atoms with Crippen molar-refractivity contribution in [1.82, 2.24) is 14.0 Å². The highest BCUT2D eigenvalue weighted by Gasteiger charge is 2.29. The lowest BCUT2D eigenvalue weighted by molar-refractivity contribution is -0.902. The number of hydrogen-bond acceptors (Lipinski definition) is 3. The number of nitrogens with zero attached hydrogens (tertiary/aromatic N) is 3. The summed E-state index contributed by atoms with van der Waals surface area (Å²) in [5.41, 5.74) is -0.429. The van der Waals surface area contributed by atoms with Crippen LogP contribution in [0.5, 0.6) is 0 Å². The number of carbonyl (C=O) groups excluding carboxylic acids is 1. The molecule has 0 radical (unpaired) electrons. The lowest BCUT2D eigenvalue weighted by Crippen LogP contribution is -3.14. The number of fused-ring (bicyclic) bond motifs is 1. The first-order valence-electron chi connectivity index (χ1n) is 9.46. The second-order valence-corrected chi connectivity index (χ2v) is 7.40. The van der Waals surface area contributed by atoms with Crippen molar-refractivity contribution in [1.29, 1.82) is 0 Å². The Morgan fingerprint density at radius 2 is 1.89 bits per heavy atom. The van der Waals surface area contributed by atoms with Crippen molar-refractivity contribution in [2.24, 2.45) is 0 Å². The maximum Gasteiger partial charge on any atom is 0.332 e. The highest BCUT2D eigenvalue weighted by Crippen LogP contribution is 2.19. The number of hydrogen-bond donors (Lipinski definition) is 1. The topological polar surface area (TPSA) is 68.8 Å². The molecule has 8 heteroatoms. The average molecular weight is 394 g/mol. The second kappa shape index (κ2) is 7.86. The summed E-state index contributed by atoms with van der Waals surface area (Å²) in [4.78, 5) is 42.0. The van der Waals surface area contributed by atoms with Crippen molar-refractivity contribution < 1.29 is 9.69 Å². The van der Waals surface area contributed by atoms with Crippen molar-refractivity contribution in [3.63, 3.8) is 0 Å². The minimum absolute atomic E-state index is 0.102. The number of amides is 1. The van der Waals surface area contributed by atoms with Crippen LogP contribution >= 0.6 is 11.6 Å². The molecule has 7 nitrogen and oxygen atoms in total. The summed E-state index contributed by atoms with van der Waals surface area (Å²) in [6.45, 7) is 10.0. The Morgan fingerprint density at radius 1 is 1.22 bits per heavy atom. The Kier molecular flexibility index (Phi) is 5.72. The number of likely N-dealkylation sites (N-methyl/N-ethyl adjacent to an activating group) is 1. The predicted molar refractivity (Wildman–Crippen MR) is 106 cm³/mol. The van der Waals surface area contributed by atoms with E-state index in [-0.39, 0.29) is 18.0 Å². The van der Waals surface area contributed by atoms with Gasteiger partial charge >= 0.3 is 5.69 Å². The molecule has 27 heavy (non-hydrogen) atoms. The normalized spacial score (nSPS) is 16.7. The molecule has 2 aromatic rings. The third-order valence-corrected chi connectivity index (χ3v) is 5.71. The first-order chi connectivity index (χ1) is 12.9. The van der Waals surface area contributed by atoms with E-state index in [1.54, 1.807) is 32.0 Å². The molecule has 1 saturated heterocycles. The Morgan fingerprint density at radius 3 is 2.48 bits per heavy atom. The minimum atomic E-state index is -0.708. The smallest absolute Gasteiger partial charge is 0.332 e. The van der Waals surface area contributed by atoms with Gasteiger partial charge in [0.05, 0.1) is 43.6 Å². The van der Waals surface area contributed by atoms with Crippen LogP contribution < -0.4 is 16.1 Å². The summed E-state index contributed by atoms with van der Waals surface area (Å²) in [5.74, 6) is -0.102. The maximum absolute atomic E-state index is 13.1. The SMILES string of the molecule is CCn1c(=O)c2ccc(Cl)cc2n([C@@H](C)C(=O)N2CC[NH+](CC)CC2)c1=O. The molecule has 1 atom stereocenters. The number of nitrogens with one attached hydrogen (secondary N) is 1. The highest BCUT2D eigenvalue weighted by atomic mass is 35.5. The molecule has 146 valence electrons. The standard InChI is InChI=1S/C19H25ClN4O3/c1-4-21-8-10-22(11-9-21)17(25)13(3)24-16-12-14(20)6-7-15(16)18(26)23(5-2)19(24)27/h6-7,12-13H,4-5,8-11H2,1-3H3/p+1/t13-/m0/s1. The zero-order chi connectivity index (χ0) is 19.7. The van der Waals surface area contributed by atoms with Gasteiger partial charge in [0.2, 0.25) is 5.91 Å². The molecule has 1 fully saturated rings. The molecule has 1 amide bonds. The molecule has 1 aromatic heterocycles. The number of quaternary nitrogens is 1. The van der Waals surface area contributed by atoms with Crippen molar-refractivity contribution >= 4 is 28.4 Å². The van der Waals surface area contributed by atoms with Gasteiger partial charge < -0.3 is 9.80 Å². The molecule has 0 bridgehead atoms. The first kappa shape index (κ1) is 19.6. The van der Waals surface area contributed by atoms with Crippen LogP contribution in [0.25, 0.3) is 10.9 Å². The number of rotatable bonds is 4. The van der Waals surface area contributed by atoms with Crippen molar-refractivity contribution in [2.75, 3.05) is 32.7 Å². The zero-order valence-corrected chi connectivity index (χ0v) is 16.8. The molecular formula is C19H26ClN4O3+. The molecule has 1 aromatic carbocycles. The monoisotopic (exact) mass is 393 g/mol. The molecule has 0 aliphatic carbocycles. The lowest BCUT2D eigenvalue weighted by Gasteiger charge is -2.33. The van der Waals surface area contributed by atoms with Gasteiger partial charge in [-0.05, 0) is 39.0 Å². The van der Waals surface area contributed by atoms with Crippen molar-refractivity contribution in [3.05, 3.63) is 44.1 Å². The predicted octanol–water partition coefficient (Wildman–Crippen LogP) is 0.145. The van der Waals surface area contributed by atoms with E-state index in [0.717, 1.165) is 19.6 Å². The number of aromatic nitrogens is 2. The fraction of sp³-hybridized carbons (Fsp3) is 0.526. The fourth-order valence-electron chi connectivity index (χ4n) is 3.78. The summed E-state index contributed by atoms with van der Waals surface area (Å²) < 4.78 is 2.58. The van der Waals surface area contributed by atoms with Crippen LogP contribution in [0.3, 0.4) is 0 Å². The Balaban J connectivity index is 2.07. The van der Waals surface area contributed by atoms with Crippen LogP contribution in [0.15, 0.2) is 27.8 Å². The van der Waals surface area contributed by atoms with Crippen LogP contribution in [-0.2, 0) is 11.3 Å². The summed E-state index contributed by atoms with van der Waals surface area (Å²) >= 11 is 6.11. The number of carbonyl (C=O) groups is 1. The summed E-state index contributed by atoms with van der Waals surface area (Å²) in [6.07, 6.45) is 0. The summed E-state index contributed by atoms with van der Waals surface area (Å²) in [5, 5.41) is 0.810. The van der Waals surface area contributed by atoms with E-state index in [1.165, 1.54) is 14.0 Å². The van der Waals surface area contributed by atoms with Gasteiger partial charge in [0, 0.05) is 11.6 Å². The quantitative estimate of drug-likeness (QED) is 0.803. The van der Waals surface area contributed by atoms with Crippen LogP contribution in [-0.4, -0.2) is 52.7 Å². The van der Waals surface area contributed by atoms with E-state index in [0.29, 0.717) is 29.0 Å². The minimum Gasteiger partial charge on any atom is -0.332 e. The second-order valence-electron chi connectivity index (χ2n) is 6.97. The largest absolute Gasteiger partial charge is 0.332 e. The van der Waals surface area contributed by atoms with E-state index < -0.39 is 11.7 Å². The Bertz CT molecular complexity index is 973. The van der Waals surface area contributed by atoms with E-state index in [4.69, 9.17) is 11.6 Å². The highest BCUT2D eigenvalue weighted by molar-refractivity contribution is 6.31. The van der Waals surface area contributed by atoms with Crippen LogP contribution in [0.1, 0.15) is 26.8 Å². The van der Waals surface area contributed by atoms with Gasteiger partial charge in [-0.25, -0.2) is 4.79 Å². The van der Waals surface area contributed by atoms with Gasteiger partial charge in [-0.1, -0.05) is 11.6 Å². The molecule has 1 aliphatic rings. The van der Waals surface area contributed by atoms with E-state index in [2.05, 4.69) is 6.92 Å². The van der Waals surface area contributed by atoms with Crippen LogP contribution in [0.2, 0.25) is 5.02 Å². The number of piperazine rings is 1. The zero-order valence-electron chi connectivity index (χ0n) is 16.0. The Hall–Kier alpha value is -2.12. The molecule has 1 N–H and O–H groups in total.